The van der Waals surface area contributed by atoms with Crippen LogP contribution in [-0.4, -0.2) is 62.0 Å². The normalized spacial score (nSPS) is 22.9. The van der Waals surface area contributed by atoms with Crippen molar-refractivity contribution in [2.75, 3.05) is 40.0 Å². The van der Waals surface area contributed by atoms with Crippen molar-refractivity contribution in [3.63, 3.8) is 0 Å². The summed E-state index contributed by atoms with van der Waals surface area (Å²) in [6, 6.07) is 0.958. The molecule has 0 aliphatic carbocycles. The number of nitrogens with one attached hydrogen (secondary N) is 1. The van der Waals surface area contributed by atoms with Crippen LogP contribution in [0.4, 0.5) is 0 Å². The lowest BCUT2D eigenvalue weighted by atomic mass is 10.1. The van der Waals surface area contributed by atoms with Crippen LogP contribution in [0.15, 0.2) is 0 Å². The average Bonchev–Trinajstić information content (AvgIpc) is 2.79. The number of rotatable bonds is 8. The minimum absolute atomic E-state index is 0.260. The molecule has 0 bridgehead atoms. The molecule has 0 aromatic heterocycles. The average molecular weight is 230 g/mol. The summed E-state index contributed by atoms with van der Waals surface area (Å²) in [5.74, 6) is 0. The highest BCUT2D eigenvalue weighted by Crippen LogP contribution is 2.11. The fourth-order valence-corrected chi connectivity index (χ4v) is 2.13. The van der Waals surface area contributed by atoms with E-state index in [1.165, 1.54) is 0 Å². The predicted molar refractivity (Wildman–Crippen MR) is 65.6 cm³/mol. The molecule has 2 atom stereocenters. The topological polar surface area (TPSA) is 44.7 Å². The lowest BCUT2D eigenvalue weighted by Crippen LogP contribution is -2.44. The zero-order valence-corrected chi connectivity index (χ0v) is 10.6. The van der Waals surface area contributed by atoms with Crippen molar-refractivity contribution < 1.29 is 9.84 Å². The molecule has 16 heavy (non-hydrogen) atoms. The standard InChI is InChI=1S/C12H26N2O2/c1-3-6-13-11(4-7-15)9-14(2)12-5-8-16-10-12/h11-13,15H,3-10H2,1-2H3. The highest BCUT2D eigenvalue weighted by Gasteiger charge is 2.22. The van der Waals surface area contributed by atoms with Gasteiger partial charge in [-0.2, -0.15) is 0 Å². The lowest BCUT2D eigenvalue weighted by Gasteiger charge is -2.28. The SMILES string of the molecule is CCCNC(CCO)CN(C)C1CCOC1. The maximum absolute atomic E-state index is 9.03. The van der Waals surface area contributed by atoms with Crippen molar-refractivity contribution in [1.82, 2.24) is 10.2 Å². The third-order valence-electron chi connectivity index (χ3n) is 3.20. The Morgan fingerprint density at radius 3 is 2.94 bits per heavy atom. The van der Waals surface area contributed by atoms with Crippen LogP contribution in [0.1, 0.15) is 26.2 Å². The van der Waals surface area contributed by atoms with E-state index in [9.17, 15) is 0 Å². The van der Waals surface area contributed by atoms with Crippen LogP contribution in [-0.2, 0) is 4.74 Å². The fraction of sp³-hybridized carbons (Fsp3) is 1.00. The monoisotopic (exact) mass is 230 g/mol. The third kappa shape index (κ3) is 4.78. The second-order valence-electron chi connectivity index (χ2n) is 4.62. The first-order valence-corrected chi connectivity index (χ1v) is 6.40. The van der Waals surface area contributed by atoms with Crippen LogP contribution in [0.25, 0.3) is 0 Å². The van der Waals surface area contributed by atoms with Gasteiger partial charge < -0.3 is 15.2 Å². The number of likely N-dealkylation sites (N-methyl/N-ethyl adjacent to an activating group) is 1. The number of ether oxygens (including phenoxy) is 1. The summed E-state index contributed by atoms with van der Waals surface area (Å²) in [6.45, 7) is 6.19. The van der Waals surface area contributed by atoms with E-state index in [4.69, 9.17) is 9.84 Å². The first-order valence-electron chi connectivity index (χ1n) is 6.40. The van der Waals surface area contributed by atoms with E-state index < -0.39 is 0 Å². The van der Waals surface area contributed by atoms with Crippen LogP contribution < -0.4 is 5.32 Å². The number of hydrogen-bond donors (Lipinski definition) is 2. The first kappa shape index (κ1) is 13.9. The predicted octanol–water partition coefficient (Wildman–Crippen LogP) is 0.458. The highest BCUT2D eigenvalue weighted by molar-refractivity contribution is 4.78. The van der Waals surface area contributed by atoms with Crippen molar-refractivity contribution in [3.8, 4) is 0 Å². The Hall–Kier alpha value is -0.160. The zero-order chi connectivity index (χ0) is 11.8. The lowest BCUT2D eigenvalue weighted by molar-refractivity contribution is 0.148. The maximum atomic E-state index is 9.03. The molecule has 0 radical (unpaired) electrons. The van der Waals surface area contributed by atoms with E-state index in [1.54, 1.807) is 0 Å². The van der Waals surface area contributed by atoms with Crippen LogP contribution >= 0.6 is 0 Å². The molecule has 2 unspecified atom stereocenters. The number of hydrogen-bond acceptors (Lipinski definition) is 4. The van der Waals surface area contributed by atoms with Crippen molar-refractivity contribution in [3.05, 3.63) is 0 Å². The molecule has 4 nitrogen and oxygen atoms in total. The molecule has 1 saturated heterocycles. The molecule has 0 saturated carbocycles. The van der Waals surface area contributed by atoms with Gasteiger partial charge in [0.05, 0.1) is 6.61 Å². The quantitative estimate of drug-likeness (QED) is 0.636. The van der Waals surface area contributed by atoms with Crippen molar-refractivity contribution in [2.45, 2.75) is 38.3 Å². The molecule has 1 aliphatic rings. The van der Waals surface area contributed by atoms with E-state index in [-0.39, 0.29) is 6.61 Å². The second kappa shape index (κ2) is 8.01. The smallest absolute Gasteiger partial charge is 0.0622 e. The van der Waals surface area contributed by atoms with Gasteiger partial charge in [-0.15, -0.1) is 0 Å². The summed E-state index contributed by atoms with van der Waals surface area (Å²) in [6.07, 6.45) is 3.10. The molecule has 1 rings (SSSR count). The summed E-state index contributed by atoms with van der Waals surface area (Å²) in [5.41, 5.74) is 0. The summed E-state index contributed by atoms with van der Waals surface area (Å²) in [4.78, 5) is 2.36. The molecule has 0 spiro atoms. The van der Waals surface area contributed by atoms with Gasteiger partial charge in [0.1, 0.15) is 0 Å². The van der Waals surface area contributed by atoms with E-state index in [0.717, 1.165) is 45.6 Å². The van der Waals surface area contributed by atoms with Crippen molar-refractivity contribution in [1.29, 1.82) is 0 Å². The van der Waals surface area contributed by atoms with Gasteiger partial charge in [-0.1, -0.05) is 6.92 Å². The van der Waals surface area contributed by atoms with Crippen molar-refractivity contribution >= 4 is 0 Å². The zero-order valence-electron chi connectivity index (χ0n) is 10.6. The third-order valence-corrected chi connectivity index (χ3v) is 3.20. The fourth-order valence-electron chi connectivity index (χ4n) is 2.13. The minimum atomic E-state index is 0.260. The van der Waals surface area contributed by atoms with Crippen LogP contribution in [0.3, 0.4) is 0 Å². The number of aliphatic hydroxyl groups excluding tert-OH is 1. The molecule has 0 aromatic carbocycles. The van der Waals surface area contributed by atoms with Gasteiger partial charge in [0.25, 0.3) is 0 Å². The first-order chi connectivity index (χ1) is 7.77. The minimum Gasteiger partial charge on any atom is -0.396 e. The van der Waals surface area contributed by atoms with E-state index in [1.807, 2.05) is 0 Å². The van der Waals surface area contributed by atoms with Gasteiger partial charge in [-0.3, -0.25) is 4.90 Å². The van der Waals surface area contributed by atoms with Gasteiger partial charge in [0.15, 0.2) is 0 Å². The van der Waals surface area contributed by atoms with Crippen LogP contribution in [0.2, 0.25) is 0 Å². The summed E-state index contributed by atoms with van der Waals surface area (Å²) >= 11 is 0. The summed E-state index contributed by atoms with van der Waals surface area (Å²) in [7, 11) is 2.15. The maximum Gasteiger partial charge on any atom is 0.0622 e. The summed E-state index contributed by atoms with van der Waals surface area (Å²) < 4.78 is 5.39. The Labute approximate surface area is 99.0 Å². The molecule has 96 valence electrons. The molecular weight excluding hydrogens is 204 g/mol. The largest absolute Gasteiger partial charge is 0.396 e. The Morgan fingerprint density at radius 2 is 2.38 bits per heavy atom. The van der Waals surface area contributed by atoms with Gasteiger partial charge in [0.2, 0.25) is 0 Å². The van der Waals surface area contributed by atoms with E-state index in [2.05, 4.69) is 24.2 Å². The Bertz CT molecular complexity index is 172. The number of aliphatic hydroxyl groups is 1. The Balaban J connectivity index is 2.27. The molecular formula is C12H26N2O2. The molecule has 1 heterocycles. The van der Waals surface area contributed by atoms with Crippen LogP contribution in [0.5, 0.6) is 0 Å². The van der Waals surface area contributed by atoms with Gasteiger partial charge >= 0.3 is 0 Å². The second-order valence-corrected chi connectivity index (χ2v) is 4.62. The van der Waals surface area contributed by atoms with E-state index in [0.29, 0.717) is 12.1 Å². The molecule has 0 amide bonds. The molecule has 0 aromatic rings. The van der Waals surface area contributed by atoms with Crippen molar-refractivity contribution in [2.24, 2.45) is 0 Å². The van der Waals surface area contributed by atoms with Crippen LogP contribution in [0, 0.1) is 0 Å². The van der Waals surface area contributed by atoms with Gasteiger partial charge in [0, 0.05) is 31.8 Å². The number of nitrogens with zero attached hydrogens (tertiary/aromatic N) is 1. The highest BCUT2D eigenvalue weighted by atomic mass is 16.5. The Morgan fingerprint density at radius 1 is 1.56 bits per heavy atom. The van der Waals surface area contributed by atoms with E-state index >= 15 is 0 Å². The Kier molecular flexibility index (Phi) is 6.96. The molecule has 2 N–H and O–H groups in total. The molecule has 4 heteroatoms. The molecule has 1 fully saturated rings. The molecule has 1 aliphatic heterocycles. The van der Waals surface area contributed by atoms with Gasteiger partial charge in [-0.05, 0) is 32.9 Å². The van der Waals surface area contributed by atoms with Gasteiger partial charge in [-0.25, -0.2) is 0 Å². The summed E-state index contributed by atoms with van der Waals surface area (Å²) in [5, 5.41) is 12.5.